The molecule has 2 rings (SSSR count). The zero-order chi connectivity index (χ0) is 13.3. The fourth-order valence-electron chi connectivity index (χ4n) is 2.08. The highest BCUT2D eigenvalue weighted by atomic mass is 16.5. The lowest BCUT2D eigenvalue weighted by Crippen LogP contribution is -2.29. The Morgan fingerprint density at radius 1 is 1.72 bits per heavy atom. The molecule has 1 unspecified atom stereocenters. The minimum Gasteiger partial charge on any atom is -0.515 e. The van der Waals surface area contributed by atoms with Gasteiger partial charge in [0.25, 0.3) is 5.56 Å². The Kier molecular flexibility index (Phi) is 3.18. The van der Waals surface area contributed by atoms with Gasteiger partial charge in [0.1, 0.15) is 11.4 Å². The standard InChI is InChI=1S/C12H14N2O4/c1-3-18-12(17)9-5-13-10-8(6-15)4-7(2)14(10)11(9)16/h5-7,15H,3-4H2,1-2H3/b8-6-. The number of carbonyl (C=O) groups excluding carboxylic acids is 1. The van der Waals surface area contributed by atoms with E-state index >= 15 is 0 Å². The summed E-state index contributed by atoms with van der Waals surface area (Å²) in [6.45, 7) is 3.71. The van der Waals surface area contributed by atoms with Crippen molar-refractivity contribution in [3.8, 4) is 0 Å². The van der Waals surface area contributed by atoms with Crippen LogP contribution in [0.15, 0.2) is 17.3 Å². The number of esters is 1. The summed E-state index contributed by atoms with van der Waals surface area (Å²) in [4.78, 5) is 27.8. The summed E-state index contributed by atoms with van der Waals surface area (Å²) in [6, 6.07) is -0.132. The number of fused-ring (bicyclic) bond motifs is 1. The van der Waals surface area contributed by atoms with Crippen LogP contribution in [-0.4, -0.2) is 27.2 Å². The van der Waals surface area contributed by atoms with E-state index in [0.29, 0.717) is 17.8 Å². The highest BCUT2D eigenvalue weighted by Gasteiger charge is 2.28. The molecule has 0 bridgehead atoms. The van der Waals surface area contributed by atoms with Crippen LogP contribution in [-0.2, 0) is 4.74 Å². The fraction of sp³-hybridized carbons (Fsp3) is 0.417. The maximum Gasteiger partial charge on any atom is 0.345 e. The van der Waals surface area contributed by atoms with Crippen LogP contribution >= 0.6 is 0 Å². The first-order chi connectivity index (χ1) is 8.60. The summed E-state index contributed by atoms with van der Waals surface area (Å²) in [7, 11) is 0. The van der Waals surface area contributed by atoms with Crippen molar-refractivity contribution < 1.29 is 14.6 Å². The molecular formula is C12H14N2O4. The van der Waals surface area contributed by atoms with Crippen LogP contribution in [0.25, 0.3) is 5.57 Å². The number of hydrogen-bond donors (Lipinski definition) is 1. The van der Waals surface area contributed by atoms with Crippen molar-refractivity contribution in [2.45, 2.75) is 26.3 Å². The van der Waals surface area contributed by atoms with E-state index in [2.05, 4.69) is 4.98 Å². The molecule has 0 saturated carbocycles. The third-order valence-corrected chi connectivity index (χ3v) is 2.89. The van der Waals surface area contributed by atoms with Crippen molar-refractivity contribution in [2.75, 3.05) is 6.61 Å². The molecule has 0 radical (unpaired) electrons. The zero-order valence-electron chi connectivity index (χ0n) is 10.2. The van der Waals surface area contributed by atoms with Crippen LogP contribution in [0.5, 0.6) is 0 Å². The predicted octanol–water partition coefficient (Wildman–Crippen LogP) is 1.28. The van der Waals surface area contributed by atoms with E-state index < -0.39 is 11.5 Å². The van der Waals surface area contributed by atoms with Gasteiger partial charge in [-0.1, -0.05) is 0 Å². The Balaban J connectivity index is 2.56. The number of rotatable bonds is 2. The van der Waals surface area contributed by atoms with Gasteiger partial charge in [0.05, 0.1) is 12.9 Å². The number of carbonyl (C=O) groups is 1. The van der Waals surface area contributed by atoms with Gasteiger partial charge < -0.3 is 9.84 Å². The largest absolute Gasteiger partial charge is 0.515 e. The molecular weight excluding hydrogens is 236 g/mol. The Hall–Kier alpha value is -2.11. The van der Waals surface area contributed by atoms with Crippen LogP contribution in [0.2, 0.25) is 0 Å². The Bertz CT molecular complexity index is 574. The molecule has 0 aromatic carbocycles. The second kappa shape index (κ2) is 4.64. The lowest BCUT2D eigenvalue weighted by atomic mass is 10.2. The first kappa shape index (κ1) is 12.3. The average Bonchev–Trinajstić information content (AvgIpc) is 2.67. The number of nitrogens with zero attached hydrogens (tertiary/aromatic N) is 2. The van der Waals surface area contributed by atoms with E-state index in [0.717, 1.165) is 6.26 Å². The van der Waals surface area contributed by atoms with Crippen LogP contribution in [0.1, 0.15) is 42.5 Å². The molecule has 96 valence electrons. The van der Waals surface area contributed by atoms with E-state index in [1.165, 1.54) is 10.8 Å². The highest BCUT2D eigenvalue weighted by Crippen LogP contribution is 2.31. The molecule has 0 fully saturated rings. The molecule has 0 aliphatic carbocycles. The van der Waals surface area contributed by atoms with Gasteiger partial charge in [-0.25, -0.2) is 9.78 Å². The van der Waals surface area contributed by atoms with Crippen molar-refractivity contribution in [3.05, 3.63) is 34.2 Å². The third-order valence-electron chi connectivity index (χ3n) is 2.89. The fourth-order valence-corrected chi connectivity index (χ4v) is 2.08. The first-order valence-electron chi connectivity index (χ1n) is 5.72. The quantitative estimate of drug-likeness (QED) is 0.631. The van der Waals surface area contributed by atoms with E-state index in [4.69, 9.17) is 9.84 Å². The highest BCUT2D eigenvalue weighted by molar-refractivity contribution is 5.88. The second-order valence-electron chi connectivity index (χ2n) is 4.10. The van der Waals surface area contributed by atoms with E-state index in [9.17, 15) is 9.59 Å². The van der Waals surface area contributed by atoms with Gasteiger partial charge >= 0.3 is 5.97 Å². The maximum atomic E-state index is 12.2. The predicted molar refractivity (Wildman–Crippen MR) is 64.4 cm³/mol. The summed E-state index contributed by atoms with van der Waals surface area (Å²) < 4.78 is 6.21. The van der Waals surface area contributed by atoms with E-state index in [1.54, 1.807) is 6.92 Å². The number of hydrogen-bond acceptors (Lipinski definition) is 5. The van der Waals surface area contributed by atoms with E-state index in [1.807, 2.05) is 6.92 Å². The van der Waals surface area contributed by atoms with Crippen molar-refractivity contribution in [1.29, 1.82) is 0 Å². The van der Waals surface area contributed by atoms with Crippen LogP contribution in [0.4, 0.5) is 0 Å². The molecule has 1 atom stereocenters. The average molecular weight is 250 g/mol. The molecule has 0 spiro atoms. The van der Waals surface area contributed by atoms with Gasteiger partial charge in [-0.05, 0) is 20.3 Å². The monoisotopic (exact) mass is 250 g/mol. The topological polar surface area (TPSA) is 81.4 Å². The van der Waals surface area contributed by atoms with Crippen molar-refractivity contribution in [3.63, 3.8) is 0 Å². The van der Waals surface area contributed by atoms with Gasteiger partial charge in [-0.3, -0.25) is 9.36 Å². The number of ether oxygens (including phenoxy) is 1. The smallest absolute Gasteiger partial charge is 0.345 e. The number of aliphatic hydroxyl groups is 1. The molecule has 2 heterocycles. The summed E-state index contributed by atoms with van der Waals surface area (Å²) in [5, 5.41) is 9.08. The molecule has 6 nitrogen and oxygen atoms in total. The summed E-state index contributed by atoms with van der Waals surface area (Å²) in [5.41, 5.74) is 0.0875. The van der Waals surface area contributed by atoms with Gasteiger partial charge in [-0.15, -0.1) is 0 Å². The number of aromatic nitrogens is 2. The second-order valence-corrected chi connectivity index (χ2v) is 4.10. The van der Waals surface area contributed by atoms with Crippen molar-refractivity contribution in [1.82, 2.24) is 9.55 Å². The van der Waals surface area contributed by atoms with Gasteiger partial charge in [0.15, 0.2) is 0 Å². The number of aliphatic hydroxyl groups excluding tert-OH is 1. The summed E-state index contributed by atoms with van der Waals surface area (Å²) in [5.74, 6) is -0.262. The third kappa shape index (κ3) is 1.79. The van der Waals surface area contributed by atoms with Crippen molar-refractivity contribution in [2.24, 2.45) is 0 Å². The van der Waals surface area contributed by atoms with Gasteiger partial charge in [-0.2, -0.15) is 0 Å². The van der Waals surface area contributed by atoms with Crippen LogP contribution < -0.4 is 5.56 Å². The molecule has 6 heteroatoms. The maximum absolute atomic E-state index is 12.2. The Morgan fingerprint density at radius 2 is 2.44 bits per heavy atom. The summed E-state index contributed by atoms with van der Waals surface area (Å²) in [6.07, 6.45) is 2.67. The van der Waals surface area contributed by atoms with Gasteiger partial charge in [0.2, 0.25) is 0 Å². The SMILES string of the molecule is CCOC(=O)c1cnc2n(c1=O)C(C)C/C2=C/O. The molecule has 1 aliphatic heterocycles. The molecule has 1 N–H and O–H groups in total. The zero-order valence-corrected chi connectivity index (χ0v) is 10.2. The van der Waals surface area contributed by atoms with E-state index in [-0.39, 0.29) is 18.2 Å². The normalized spacial score (nSPS) is 19.9. The van der Waals surface area contributed by atoms with Crippen molar-refractivity contribution >= 4 is 11.5 Å². The lowest BCUT2D eigenvalue weighted by molar-refractivity contribution is 0.0523. The lowest BCUT2D eigenvalue weighted by Gasteiger charge is -2.09. The number of allylic oxidation sites excluding steroid dienone is 1. The van der Waals surface area contributed by atoms with Crippen LogP contribution in [0.3, 0.4) is 0 Å². The molecule has 0 amide bonds. The Morgan fingerprint density at radius 3 is 3.06 bits per heavy atom. The molecule has 1 aliphatic rings. The Labute approximate surface area is 104 Å². The molecule has 0 saturated heterocycles. The molecule has 18 heavy (non-hydrogen) atoms. The van der Waals surface area contributed by atoms with Crippen LogP contribution in [0, 0.1) is 0 Å². The minimum absolute atomic E-state index is 0.0772. The molecule has 1 aromatic rings. The summed E-state index contributed by atoms with van der Waals surface area (Å²) >= 11 is 0. The van der Waals surface area contributed by atoms with Gasteiger partial charge in [0, 0.05) is 17.8 Å². The minimum atomic E-state index is -0.668. The molecule has 1 aromatic heterocycles. The first-order valence-corrected chi connectivity index (χ1v) is 5.72.